The highest BCUT2D eigenvalue weighted by atomic mass is 16.4. The Hall–Kier alpha value is -1.84. The van der Waals surface area contributed by atoms with Gasteiger partial charge in [-0.05, 0) is 23.8 Å². The van der Waals surface area contributed by atoms with Gasteiger partial charge in [-0.3, -0.25) is 9.59 Å². The average Bonchev–Trinajstić information content (AvgIpc) is 3.20. The lowest BCUT2D eigenvalue weighted by atomic mass is 9.81. The molecule has 1 amide bonds. The second kappa shape index (κ2) is 5.65. The van der Waals surface area contributed by atoms with Crippen molar-refractivity contribution in [1.82, 2.24) is 4.90 Å². The highest BCUT2D eigenvalue weighted by Gasteiger charge is 2.36. The molecule has 0 unspecified atom stereocenters. The molecule has 1 N–H and O–H groups in total. The summed E-state index contributed by atoms with van der Waals surface area (Å²) in [6, 6.07) is 10.00. The van der Waals surface area contributed by atoms with E-state index in [0.29, 0.717) is 6.42 Å². The maximum Gasteiger partial charge on any atom is 0.323 e. The molecule has 0 saturated heterocycles. The molecule has 4 heteroatoms. The van der Waals surface area contributed by atoms with Crippen LogP contribution in [-0.2, 0) is 15.0 Å². The molecular formula is C16H21NO3. The minimum absolute atomic E-state index is 0.0660. The zero-order valence-corrected chi connectivity index (χ0v) is 12.0. The summed E-state index contributed by atoms with van der Waals surface area (Å²) in [5.74, 6) is -1.01. The van der Waals surface area contributed by atoms with E-state index >= 15 is 0 Å². The molecule has 0 bridgehead atoms. The van der Waals surface area contributed by atoms with Crippen LogP contribution >= 0.6 is 0 Å². The van der Waals surface area contributed by atoms with Crippen LogP contribution in [-0.4, -0.2) is 34.5 Å². The Labute approximate surface area is 119 Å². The van der Waals surface area contributed by atoms with Crippen LogP contribution in [0.5, 0.6) is 0 Å². The van der Waals surface area contributed by atoms with Crippen molar-refractivity contribution in [3.05, 3.63) is 35.9 Å². The van der Waals surface area contributed by atoms with Crippen molar-refractivity contribution in [3.8, 4) is 0 Å². The van der Waals surface area contributed by atoms with E-state index in [-0.39, 0.29) is 23.9 Å². The van der Waals surface area contributed by atoms with Crippen molar-refractivity contribution in [2.24, 2.45) is 0 Å². The van der Waals surface area contributed by atoms with E-state index in [1.54, 1.807) is 0 Å². The summed E-state index contributed by atoms with van der Waals surface area (Å²) in [5, 5.41) is 8.93. The number of carbonyl (C=O) groups excluding carboxylic acids is 1. The van der Waals surface area contributed by atoms with Crippen LogP contribution in [0.4, 0.5) is 0 Å². The molecule has 1 aliphatic rings. The number of nitrogens with zero attached hydrogens (tertiary/aromatic N) is 1. The number of carboxylic acids is 1. The standard InChI is InChI=1S/C16H21NO3/c1-16(2,12-6-4-3-5-7-12)10-14(18)17(11-15(19)20)13-8-9-13/h3-7,13H,8-11H2,1-2H3,(H,19,20). The zero-order valence-electron chi connectivity index (χ0n) is 12.0. The summed E-state index contributed by atoms with van der Waals surface area (Å²) in [6.07, 6.45) is 2.18. The predicted molar refractivity (Wildman–Crippen MR) is 76.5 cm³/mol. The number of hydrogen-bond acceptors (Lipinski definition) is 2. The Balaban J connectivity index is 2.07. The van der Waals surface area contributed by atoms with Gasteiger partial charge in [0, 0.05) is 12.5 Å². The second-order valence-electron chi connectivity index (χ2n) is 6.07. The Bertz CT molecular complexity index is 492. The molecule has 108 valence electrons. The van der Waals surface area contributed by atoms with E-state index in [0.717, 1.165) is 18.4 Å². The van der Waals surface area contributed by atoms with Crippen LogP contribution in [0, 0.1) is 0 Å². The van der Waals surface area contributed by atoms with E-state index in [4.69, 9.17) is 5.11 Å². The van der Waals surface area contributed by atoms with E-state index in [1.807, 2.05) is 44.2 Å². The summed E-state index contributed by atoms with van der Waals surface area (Å²) in [5.41, 5.74) is 0.809. The number of benzene rings is 1. The Morgan fingerprint density at radius 2 is 1.85 bits per heavy atom. The molecule has 0 atom stereocenters. The Morgan fingerprint density at radius 3 is 2.35 bits per heavy atom. The number of amides is 1. The van der Waals surface area contributed by atoms with Crippen LogP contribution < -0.4 is 0 Å². The Morgan fingerprint density at radius 1 is 1.25 bits per heavy atom. The lowest BCUT2D eigenvalue weighted by Gasteiger charge is -2.28. The van der Waals surface area contributed by atoms with Gasteiger partial charge in [-0.25, -0.2) is 0 Å². The van der Waals surface area contributed by atoms with Crippen LogP contribution in [0.15, 0.2) is 30.3 Å². The normalized spacial score (nSPS) is 14.9. The van der Waals surface area contributed by atoms with Crippen molar-refractivity contribution < 1.29 is 14.7 Å². The number of aliphatic carboxylic acids is 1. The topological polar surface area (TPSA) is 57.6 Å². The van der Waals surface area contributed by atoms with Gasteiger partial charge in [-0.15, -0.1) is 0 Å². The molecule has 1 aromatic carbocycles. The quantitative estimate of drug-likeness (QED) is 0.867. The fourth-order valence-electron chi connectivity index (χ4n) is 2.42. The van der Waals surface area contributed by atoms with Gasteiger partial charge < -0.3 is 10.0 Å². The van der Waals surface area contributed by atoms with Gasteiger partial charge in [-0.2, -0.15) is 0 Å². The molecule has 4 nitrogen and oxygen atoms in total. The molecule has 0 aromatic heterocycles. The first-order valence-electron chi connectivity index (χ1n) is 6.97. The second-order valence-corrected chi connectivity index (χ2v) is 6.07. The largest absolute Gasteiger partial charge is 0.480 e. The van der Waals surface area contributed by atoms with Crippen molar-refractivity contribution in [2.45, 2.75) is 44.6 Å². The van der Waals surface area contributed by atoms with E-state index in [2.05, 4.69) is 0 Å². The molecule has 0 heterocycles. The lowest BCUT2D eigenvalue weighted by Crippen LogP contribution is -2.40. The fourth-order valence-corrected chi connectivity index (χ4v) is 2.42. The first kappa shape index (κ1) is 14.6. The van der Waals surface area contributed by atoms with Crippen molar-refractivity contribution in [2.75, 3.05) is 6.54 Å². The molecule has 1 aromatic rings. The number of rotatable bonds is 6. The first-order chi connectivity index (χ1) is 9.40. The maximum atomic E-state index is 12.4. The summed E-state index contributed by atoms with van der Waals surface area (Å²) in [6.45, 7) is 3.85. The molecule has 0 radical (unpaired) electrons. The van der Waals surface area contributed by atoms with E-state index < -0.39 is 5.97 Å². The summed E-state index contributed by atoms with van der Waals surface area (Å²) in [7, 11) is 0. The van der Waals surface area contributed by atoms with Gasteiger partial charge in [0.1, 0.15) is 6.54 Å². The van der Waals surface area contributed by atoms with Crippen molar-refractivity contribution in [3.63, 3.8) is 0 Å². The fraction of sp³-hybridized carbons (Fsp3) is 0.500. The Kier molecular flexibility index (Phi) is 4.12. The average molecular weight is 275 g/mol. The zero-order chi connectivity index (χ0) is 14.8. The maximum absolute atomic E-state index is 12.4. The predicted octanol–water partition coefficient (Wildman–Crippen LogP) is 2.43. The van der Waals surface area contributed by atoms with Gasteiger partial charge in [0.25, 0.3) is 0 Å². The monoisotopic (exact) mass is 275 g/mol. The third-order valence-corrected chi connectivity index (χ3v) is 3.76. The van der Waals surface area contributed by atoms with Crippen LogP contribution in [0.25, 0.3) is 0 Å². The van der Waals surface area contributed by atoms with Crippen LogP contribution in [0.2, 0.25) is 0 Å². The van der Waals surface area contributed by atoms with Crippen molar-refractivity contribution in [1.29, 1.82) is 0 Å². The molecule has 1 aliphatic carbocycles. The number of hydrogen-bond donors (Lipinski definition) is 1. The molecule has 0 aliphatic heterocycles. The third-order valence-electron chi connectivity index (χ3n) is 3.76. The minimum Gasteiger partial charge on any atom is -0.480 e. The SMILES string of the molecule is CC(C)(CC(=O)N(CC(=O)O)C1CC1)c1ccccc1. The molecule has 1 saturated carbocycles. The molecule has 20 heavy (non-hydrogen) atoms. The van der Waals surface area contributed by atoms with Crippen molar-refractivity contribution >= 4 is 11.9 Å². The van der Waals surface area contributed by atoms with Gasteiger partial charge >= 0.3 is 5.97 Å². The molecule has 1 fully saturated rings. The van der Waals surface area contributed by atoms with E-state index in [1.165, 1.54) is 4.90 Å². The van der Waals surface area contributed by atoms with Gasteiger partial charge in [-0.1, -0.05) is 44.2 Å². The van der Waals surface area contributed by atoms with Gasteiger partial charge in [0.05, 0.1) is 0 Å². The third kappa shape index (κ3) is 3.59. The van der Waals surface area contributed by atoms with E-state index in [9.17, 15) is 9.59 Å². The van der Waals surface area contributed by atoms with Gasteiger partial charge in [0.15, 0.2) is 0 Å². The molecule has 0 spiro atoms. The van der Waals surface area contributed by atoms with Gasteiger partial charge in [0.2, 0.25) is 5.91 Å². The smallest absolute Gasteiger partial charge is 0.323 e. The van der Waals surface area contributed by atoms with Crippen LogP contribution in [0.1, 0.15) is 38.7 Å². The lowest BCUT2D eigenvalue weighted by molar-refractivity contribution is -0.145. The highest BCUT2D eigenvalue weighted by Crippen LogP contribution is 2.31. The number of carbonyl (C=O) groups is 2. The summed E-state index contributed by atoms with van der Waals surface area (Å²) < 4.78 is 0. The molecular weight excluding hydrogens is 254 g/mol. The van der Waals surface area contributed by atoms with Crippen LogP contribution in [0.3, 0.4) is 0 Å². The minimum atomic E-state index is -0.942. The summed E-state index contributed by atoms with van der Waals surface area (Å²) in [4.78, 5) is 24.8. The first-order valence-corrected chi connectivity index (χ1v) is 6.97. The molecule has 2 rings (SSSR count). The highest BCUT2D eigenvalue weighted by molar-refractivity contribution is 5.83. The number of carboxylic acid groups (broad SMARTS) is 1. The summed E-state index contributed by atoms with van der Waals surface area (Å²) >= 11 is 0.